The topological polar surface area (TPSA) is 105 Å². The molecule has 3 amide bonds. The van der Waals surface area contributed by atoms with Crippen molar-refractivity contribution in [1.29, 1.82) is 0 Å². The lowest BCUT2D eigenvalue weighted by Crippen LogP contribution is -2.52. The number of hydrogen-bond donors (Lipinski definition) is 3. The number of nitrogens with zero attached hydrogens (tertiary/aromatic N) is 1. The molecule has 0 spiro atoms. The van der Waals surface area contributed by atoms with Crippen molar-refractivity contribution in [3.8, 4) is 0 Å². The summed E-state index contributed by atoms with van der Waals surface area (Å²) in [6, 6.07) is 5.89. The fourth-order valence-corrected chi connectivity index (χ4v) is 3.41. The third kappa shape index (κ3) is 2.70. The van der Waals surface area contributed by atoms with E-state index in [1.54, 1.807) is 4.90 Å². The van der Waals surface area contributed by atoms with E-state index in [4.69, 9.17) is 5.73 Å². The number of hydrogen-bond acceptors (Lipinski definition) is 5. The van der Waals surface area contributed by atoms with Gasteiger partial charge in [0.2, 0.25) is 11.8 Å². The second-order valence-corrected chi connectivity index (χ2v) is 6.78. The maximum atomic E-state index is 12.7. The first-order valence-electron chi connectivity index (χ1n) is 8.28. The normalized spacial score (nSPS) is 28.8. The second kappa shape index (κ2) is 5.68. The van der Waals surface area contributed by atoms with Crippen LogP contribution in [0.25, 0.3) is 0 Å². The molecule has 7 nitrogen and oxygen atoms in total. The number of carbonyl (C=O) groups is 3. The molecule has 1 aromatic rings. The number of carbonyl (C=O) groups excluding carboxylic acids is 3. The lowest BCUT2D eigenvalue weighted by molar-refractivity contribution is -0.136. The first kappa shape index (κ1) is 15.3. The van der Waals surface area contributed by atoms with Crippen molar-refractivity contribution in [2.24, 2.45) is 5.73 Å². The summed E-state index contributed by atoms with van der Waals surface area (Å²) in [5.41, 5.74) is 8.39. The molecule has 4 N–H and O–H groups in total. The minimum Gasteiger partial charge on any atom is -0.326 e. The summed E-state index contributed by atoms with van der Waals surface area (Å²) in [5, 5.41) is 5.68. The van der Waals surface area contributed by atoms with Crippen LogP contribution in [0.5, 0.6) is 0 Å². The van der Waals surface area contributed by atoms with Gasteiger partial charge in [-0.05, 0) is 30.0 Å². The summed E-state index contributed by atoms with van der Waals surface area (Å²) in [4.78, 5) is 37.6. The Morgan fingerprint density at radius 2 is 2.08 bits per heavy atom. The first-order chi connectivity index (χ1) is 11.5. The van der Waals surface area contributed by atoms with E-state index >= 15 is 0 Å². The Kier molecular flexibility index (Phi) is 3.62. The number of rotatable bonds is 4. The molecule has 1 saturated carbocycles. The van der Waals surface area contributed by atoms with Crippen molar-refractivity contribution in [3.63, 3.8) is 0 Å². The average Bonchev–Trinajstić information content (AvgIpc) is 3.17. The van der Waals surface area contributed by atoms with Crippen LogP contribution in [0.3, 0.4) is 0 Å². The Bertz CT molecular complexity index is 733. The van der Waals surface area contributed by atoms with E-state index in [-0.39, 0.29) is 30.2 Å². The summed E-state index contributed by atoms with van der Waals surface area (Å²) < 4.78 is 0. The van der Waals surface area contributed by atoms with Crippen LogP contribution in [0.15, 0.2) is 18.2 Å². The number of fused-ring (bicyclic) bond motifs is 1. The SMILES string of the molecule is NC1CC1NCc1ccc2c(c1)C(=O)N(C1CCC(=O)NC1=O)C2. The molecule has 1 aromatic carbocycles. The first-order valence-corrected chi connectivity index (χ1v) is 8.28. The van der Waals surface area contributed by atoms with E-state index in [9.17, 15) is 14.4 Å². The highest BCUT2D eigenvalue weighted by Crippen LogP contribution is 2.28. The molecule has 3 unspecified atom stereocenters. The van der Waals surface area contributed by atoms with Gasteiger partial charge in [0.1, 0.15) is 6.04 Å². The predicted molar refractivity (Wildman–Crippen MR) is 85.7 cm³/mol. The van der Waals surface area contributed by atoms with Crippen LogP contribution >= 0.6 is 0 Å². The summed E-state index contributed by atoms with van der Waals surface area (Å²) in [5.74, 6) is -0.784. The van der Waals surface area contributed by atoms with Crippen LogP contribution in [0.2, 0.25) is 0 Å². The number of benzene rings is 1. The summed E-state index contributed by atoms with van der Waals surface area (Å²) in [6.45, 7) is 1.10. The van der Waals surface area contributed by atoms with Gasteiger partial charge in [0, 0.05) is 37.2 Å². The van der Waals surface area contributed by atoms with Crippen LogP contribution in [0, 0.1) is 0 Å². The van der Waals surface area contributed by atoms with Crippen LogP contribution < -0.4 is 16.4 Å². The van der Waals surface area contributed by atoms with Gasteiger partial charge in [-0.1, -0.05) is 12.1 Å². The Morgan fingerprint density at radius 3 is 2.79 bits per heavy atom. The van der Waals surface area contributed by atoms with Crippen molar-refractivity contribution in [1.82, 2.24) is 15.5 Å². The molecule has 3 atom stereocenters. The average molecular weight is 328 g/mol. The summed E-state index contributed by atoms with van der Waals surface area (Å²) >= 11 is 0. The second-order valence-electron chi connectivity index (χ2n) is 6.78. The molecule has 2 aliphatic heterocycles. The third-order valence-corrected chi connectivity index (χ3v) is 5.00. The molecule has 126 valence electrons. The lowest BCUT2D eigenvalue weighted by atomic mass is 10.0. The van der Waals surface area contributed by atoms with Gasteiger partial charge in [-0.15, -0.1) is 0 Å². The highest BCUT2D eigenvalue weighted by molar-refractivity contribution is 6.05. The maximum Gasteiger partial charge on any atom is 0.255 e. The zero-order chi connectivity index (χ0) is 16.8. The van der Waals surface area contributed by atoms with Gasteiger partial charge >= 0.3 is 0 Å². The highest BCUT2D eigenvalue weighted by atomic mass is 16.2. The van der Waals surface area contributed by atoms with Crippen molar-refractivity contribution < 1.29 is 14.4 Å². The molecular weight excluding hydrogens is 308 g/mol. The Balaban J connectivity index is 1.48. The maximum absolute atomic E-state index is 12.7. The van der Waals surface area contributed by atoms with Crippen molar-refractivity contribution >= 4 is 17.7 Å². The molecule has 2 fully saturated rings. The molecule has 0 radical (unpaired) electrons. The Hall–Kier alpha value is -2.25. The molecule has 0 bridgehead atoms. The molecule has 1 aliphatic carbocycles. The Morgan fingerprint density at radius 1 is 1.29 bits per heavy atom. The number of piperidine rings is 1. The van der Waals surface area contributed by atoms with Crippen molar-refractivity contribution in [2.75, 3.05) is 0 Å². The monoisotopic (exact) mass is 328 g/mol. The van der Waals surface area contributed by atoms with Crippen LogP contribution in [0.1, 0.15) is 40.7 Å². The number of nitrogens with one attached hydrogen (secondary N) is 2. The van der Waals surface area contributed by atoms with E-state index in [1.807, 2.05) is 18.2 Å². The van der Waals surface area contributed by atoms with Gasteiger partial charge in [0.05, 0.1) is 0 Å². The van der Waals surface area contributed by atoms with Gasteiger partial charge in [0.25, 0.3) is 5.91 Å². The third-order valence-electron chi connectivity index (χ3n) is 5.00. The lowest BCUT2D eigenvalue weighted by Gasteiger charge is -2.29. The molecular formula is C17H20N4O3. The minimum atomic E-state index is -0.561. The molecule has 4 rings (SSSR count). The smallest absolute Gasteiger partial charge is 0.255 e. The van der Waals surface area contributed by atoms with E-state index in [0.717, 1.165) is 17.5 Å². The van der Waals surface area contributed by atoms with Gasteiger partial charge in [-0.2, -0.15) is 0 Å². The molecule has 0 aromatic heterocycles. The molecule has 24 heavy (non-hydrogen) atoms. The summed E-state index contributed by atoms with van der Waals surface area (Å²) in [7, 11) is 0. The fraction of sp³-hybridized carbons (Fsp3) is 0.471. The minimum absolute atomic E-state index is 0.135. The number of imide groups is 1. The van der Waals surface area contributed by atoms with E-state index in [0.29, 0.717) is 31.1 Å². The molecule has 7 heteroatoms. The molecule has 3 aliphatic rings. The number of nitrogens with two attached hydrogens (primary N) is 1. The Labute approximate surface area is 139 Å². The van der Waals surface area contributed by atoms with Gasteiger partial charge < -0.3 is 16.0 Å². The largest absolute Gasteiger partial charge is 0.326 e. The van der Waals surface area contributed by atoms with E-state index in [1.165, 1.54) is 0 Å². The van der Waals surface area contributed by atoms with E-state index < -0.39 is 6.04 Å². The quantitative estimate of drug-likeness (QED) is 0.655. The highest BCUT2D eigenvalue weighted by Gasteiger charge is 2.39. The fourth-order valence-electron chi connectivity index (χ4n) is 3.41. The zero-order valence-electron chi connectivity index (χ0n) is 13.2. The predicted octanol–water partition coefficient (Wildman–Crippen LogP) is -0.363. The molecule has 2 heterocycles. The van der Waals surface area contributed by atoms with Gasteiger partial charge in [0.15, 0.2) is 0 Å². The number of amides is 3. The zero-order valence-corrected chi connectivity index (χ0v) is 13.2. The van der Waals surface area contributed by atoms with Crippen LogP contribution in [0.4, 0.5) is 0 Å². The summed E-state index contributed by atoms with van der Waals surface area (Å²) in [6.07, 6.45) is 1.65. The van der Waals surface area contributed by atoms with Crippen LogP contribution in [-0.2, 0) is 22.7 Å². The van der Waals surface area contributed by atoms with Crippen LogP contribution in [-0.4, -0.2) is 40.7 Å². The van der Waals surface area contributed by atoms with Crippen molar-refractivity contribution in [3.05, 3.63) is 34.9 Å². The molecule has 1 saturated heterocycles. The standard InChI is InChI=1S/C17H20N4O3/c18-12-6-13(12)19-7-9-1-2-10-8-21(17(24)11(10)5-9)14-3-4-15(22)20-16(14)23/h1-2,5,12-14,19H,3-4,6-8,18H2,(H,20,22,23). The van der Waals surface area contributed by atoms with Crippen molar-refractivity contribution in [2.45, 2.75) is 50.5 Å². The van der Waals surface area contributed by atoms with Gasteiger partial charge in [-0.25, -0.2) is 0 Å². The van der Waals surface area contributed by atoms with Gasteiger partial charge in [-0.3, -0.25) is 19.7 Å². The van der Waals surface area contributed by atoms with E-state index in [2.05, 4.69) is 10.6 Å².